The van der Waals surface area contributed by atoms with E-state index < -0.39 is 11.7 Å². The molecule has 0 saturated heterocycles. The lowest BCUT2D eigenvalue weighted by Crippen LogP contribution is -2.37. The van der Waals surface area contributed by atoms with E-state index >= 15 is 0 Å². The van der Waals surface area contributed by atoms with Crippen LogP contribution >= 0.6 is 0 Å². The molecule has 2 aliphatic heterocycles. The highest BCUT2D eigenvalue weighted by Crippen LogP contribution is 2.38. The topological polar surface area (TPSA) is 29.8 Å². The van der Waals surface area contributed by atoms with E-state index in [0.29, 0.717) is 13.1 Å². The van der Waals surface area contributed by atoms with Crippen molar-refractivity contribution in [3.63, 3.8) is 0 Å². The number of ether oxygens (including phenoxy) is 1. The van der Waals surface area contributed by atoms with Crippen molar-refractivity contribution in [3.8, 4) is 0 Å². The molecule has 0 amide bonds. The number of alkyl halides is 3. The smallest absolute Gasteiger partial charge is 0.372 e. The van der Waals surface area contributed by atoms with E-state index in [1.54, 1.807) is 6.07 Å². The van der Waals surface area contributed by atoms with Crippen LogP contribution in [0.4, 0.5) is 13.2 Å². The molecular formula is C26H32F3N3O. The van der Waals surface area contributed by atoms with Gasteiger partial charge in [-0.3, -0.25) is 4.99 Å². The molecule has 3 heterocycles. The summed E-state index contributed by atoms with van der Waals surface area (Å²) in [4.78, 5) is 6.48. The summed E-state index contributed by atoms with van der Waals surface area (Å²) in [5, 5.41) is 0.722. The van der Waals surface area contributed by atoms with E-state index in [4.69, 9.17) is 4.74 Å². The quantitative estimate of drug-likeness (QED) is 0.563. The Morgan fingerprint density at radius 2 is 2.00 bits per heavy atom. The van der Waals surface area contributed by atoms with E-state index in [9.17, 15) is 13.2 Å². The average Bonchev–Trinajstić information content (AvgIpc) is 3.39. The molecule has 0 N–H and O–H groups in total. The first-order valence-electron chi connectivity index (χ1n) is 12.1. The van der Waals surface area contributed by atoms with Crippen molar-refractivity contribution >= 4 is 17.1 Å². The van der Waals surface area contributed by atoms with Crippen LogP contribution in [-0.4, -0.2) is 41.5 Å². The summed E-state index contributed by atoms with van der Waals surface area (Å²) in [6.07, 6.45) is 7.22. The number of rotatable bonds is 5. The van der Waals surface area contributed by atoms with Crippen molar-refractivity contribution in [1.82, 2.24) is 9.47 Å². The third-order valence-electron chi connectivity index (χ3n) is 7.56. The number of likely N-dealkylation sites (N-methyl/N-ethyl adjacent to an activating group) is 1. The van der Waals surface area contributed by atoms with Gasteiger partial charge >= 0.3 is 6.18 Å². The second-order valence-corrected chi connectivity index (χ2v) is 9.91. The van der Waals surface area contributed by atoms with Crippen molar-refractivity contribution in [3.05, 3.63) is 47.3 Å². The van der Waals surface area contributed by atoms with Crippen molar-refractivity contribution in [2.45, 2.75) is 70.5 Å². The van der Waals surface area contributed by atoms with Crippen LogP contribution in [0.25, 0.3) is 10.9 Å². The Balaban J connectivity index is 1.56. The normalized spacial score (nSPS) is 25.1. The molecule has 5 rings (SSSR count). The number of aromatic nitrogens is 1. The van der Waals surface area contributed by atoms with E-state index in [1.807, 2.05) is 19.5 Å². The number of fused-ring (bicyclic) bond motifs is 3. The van der Waals surface area contributed by atoms with Gasteiger partial charge in [0.2, 0.25) is 0 Å². The highest BCUT2D eigenvalue weighted by atomic mass is 19.4. The average molecular weight is 460 g/mol. The first-order chi connectivity index (χ1) is 15.8. The Kier molecular flexibility index (Phi) is 6.12. The Labute approximate surface area is 193 Å². The number of hydrogen-bond acceptors (Lipinski definition) is 3. The maximum Gasteiger partial charge on any atom is 0.416 e. The van der Waals surface area contributed by atoms with Crippen LogP contribution in [0.2, 0.25) is 0 Å². The van der Waals surface area contributed by atoms with Gasteiger partial charge in [-0.15, -0.1) is 0 Å². The molecule has 1 aromatic heterocycles. The second-order valence-electron chi connectivity index (χ2n) is 9.91. The zero-order chi connectivity index (χ0) is 23.2. The predicted molar refractivity (Wildman–Crippen MR) is 124 cm³/mol. The minimum atomic E-state index is -4.35. The summed E-state index contributed by atoms with van der Waals surface area (Å²) in [6, 6.07) is 4.22. The molecule has 1 saturated carbocycles. The van der Waals surface area contributed by atoms with Crippen molar-refractivity contribution < 1.29 is 17.9 Å². The van der Waals surface area contributed by atoms with Gasteiger partial charge in [-0.2, -0.15) is 13.2 Å². The van der Waals surface area contributed by atoms with E-state index in [-0.39, 0.29) is 24.0 Å². The van der Waals surface area contributed by atoms with E-state index in [0.717, 1.165) is 48.0 Å². The molecule has 33 heavy (non-hydrogen) atoms. The molecule has 0 bridgehead atoms. The molecule has 1 fully saturated rings. The van der Waals surface area contributed by atoms with Crippen molar-refractivity contribution in [2.24, 2.45) is 16.8 Å². The van der Waals surface area contributed by atoms with E-state index in [1.165, 1.54) is 25.0 Å². The highest BCUT2D eigenvalue weighted by Gasteiger charge is 2.34. The van der Waals surface area contributed by atoms with Crippen molar-refractivity contribution in [1.29, 1.82) is 0 Å². The SMILES string of the molecule is CC1C=NC=CC1C(Cn1c2c(c3cc(C(F)(F)F)ccc31)CN(C)CC2)OC1CCCC1. The van der Waals surface area contributed by atoms with Crippen LogP contribution in [0.15, 0.2) is 35.5 Å². The Bertz CT molecular complexity index is 1060. The van der Waals surface area contributed by atoms with Gasteiger partial charge in [0.05, 0.1) is 17.8 Å². The molecule has 2 aromatic rings. The summed E-state index contributed by atoms with van der Waals surface area (Å²) >= 11 is 0. The summed E-state index contributed by atoms with van der Waals surface area (Å²) in [7, 11) is 2.03. The van der Waals surface area contributed by atoms with Crippen LogP contribution < -0.4 is 0 Å². The number of benzene rings is 1. The highest BCUT2D eigenvalue weighted by molar-refractivity contribution is 5.86. The van der Waals surface area contributed by atoms with Gasteiger partial charge < -0.3 is 14.2 Å². The Hall–Kier alpha value is -2.12. The second kappa shape index (κ2) is 8.91. The van der Waals surface area contributed by atoms with Gasteiger partial charge in [-0.1, -0.05) is 25.8 Å². The molecular weight excluding hydrogens is 427 g/mol. The van der Waals surface area contributed by atoms with Gasteiger partial charge in [0.25, 0.3) is 0 Å². The molecule has 0 radical (unpaired) electrons. The molecule has 178 valence electrons. The summed E-state index contributed by atoms with van der Waals surface area (Å²) in [5.41, 5.74) is 2.48. The lowest BCUT2D eigenvalue weighted by Gasteiger charge is -2.33. The fourth-order valence-corrected chi connectivity index (χ4v) is 5.75. The third-order valence-corrected chi connectivity index (χ3v) is 7.56. The minimum absolute atomic E-state index is 0.0484. The first kappa shape index (κ1) is 22.7. The van der Waals surface area contributed by atoms with Crippen LogP contribution in [0.1, 0.15) is 49.4 Å². The maximum absolute atomic E-state index is 13.5. The zero-order valence-electron chi connectivity index (χ0n) is 19.3. The summed E-state index contributed by atoms with van der Waals surface area (Å²) in [5.74, 6) is 0.443. The van der Waals surface area contributed by atoms with Crippen LogP contribution in [0.5, 0.6) is 0 Å². The monoisotopic (exact) mass is 459 g/mol. The van der Waals surface area contributed by atoms with Gasteiger partial charge in [0, 0.05) is 66.9 Å². The summed E-state index contributed by atoms with van der Waals surface area (Å²) in [6.45, 7) is 4.37. The van der Waals surface area contributed by atoms with Crippen LogP contribution in [0.3, 0.4) is 0 Å². The molecule has 3 atom stereocenters. The number of aliphatic imine (C=N–C) groups is 1. The maximum atomic E-state index is 13.5. The first-order valence-corrected chi connectivity index (χ1v) is 12.1. The molecule has 1 aromatic carbocycles. The fourth-order valence-electron chi connectivity index (χ4n) is 5.75. The molecule has 3 aliphatic rings. The van der Waals surface area contributed by atoms with Gasteiger partial charge in [-0.25, -0.2) is 0 Å². The minimum Gasteiger partial charge on any atom is -0.372 e. The van der Waals surface area contributed by atoms with E-state index in [2.05, 4.69) is 27.5 Å². The van der Waals surface area contributed by atoms with Gasteiger partial charge in [-0.05, 0) is 43.7 Å². The molecule has 0 spiro atoms. The standard InChI is InChI=1S/C26H32F3N3O/c1-17-14-30-11-9-20(17)25(33-19-5-3-4-6-19)16-32-23-8-7-18(26(27,28)29)13-21(23)22-15-31(2)12-10-24(22)32/h7-9,11,13-14,17,19-20,25H,3-6,10,12,15-16H2,1-2H3. The number of nitrogens with zero attached hydrogens (tertiary/aromatic N) is 3. The largest absolute Gasteiger partial charge is 0.416 e. The number of hydrogen-bond donors (Lipinski definition) is 0. The van der Waals surface area contributed by atoms with Crippen LogP contribution in [-0.2, 0) is 30.4 Å². The van der Waals surface area contributed by atoms with Crippen molar-refractivity contribution in [2.75, 3.05) is 13.6 Å². The number of halogens is 3. The molecule has 4 nitrogen and oxygen atoms in total. The zero-order valence-corrected chi connectivity index (χ0v) is 19.3. The van der Waals surface area contributed by atoms with Crippen LogP contribution in [0, 0.1) is 11.8 Å². The Morgan fingerprint density at radius 1 is 1.21 bits per heavy atom. The lowest BCUT2D eigenvalue weighted by molar-refractivity contribution is -0.137. The third kappa shape index (κ3) is 4.50. The fraction of sp³-hybridized carbons (Fsp3) is 0.577. The van der Waals surface area contributed by atoms with Gasteiger partial charge in [0.1, 0.15) is 0 Å². The lowest BCUT2D eigenvalue weighted by atomic mass is 9.87. The molecule has 7 heteroatoms. The molecule has 3 unspecified atom stereocenters. The Morgan fingerprint density at radius 3 is 2.73 bits per heavy atom. The van der Waals surface area contributed by atoms with Gasteiger partial charge in [0.15, 0.2) is 0 Å². The predicted octanol–water partition coefficient (Wildman–Crippen LogP) is 5.83. The summed E-state index contributed by atoms with van der Waals surface area (Å²) < 4.78 is 49.5. The molecule has 1 aliphatic carbocycles.